The topological polar surface area (TPSA) is 35.2 Å². The van der Waals surface area contributed by atoms with Crippen molar-refractivity contribution in [1.29, 1.82) is 0 Å². The Kier molecular flexibility index (Phi) is 6.13. The minimum atomic E-state index is -4.88. The van der Waals surface area contributed by atoms with Crippen LogP contribution in [0.3, 0.4) is 0 Å². The van der Waals surface area contributed by atoms with Crippen molar-refractivity contribution in [2.75, 3.05) is 0 Å². The molecule has 2 nitrogen and oxygen atoms in total. The minimum absolute atomic E-state index is 0. The van der Waals surface area contributed by atoms with Crippen molar-refractivity contribution in [1.82, 2.24) is 0 Å². The van der Waals surface area contributed by atoms with Crippen molar-refractivity contribution in [2.24, 2.45) is 5.73 Å². The summed E-state index contributed by atoms with van der Waals surface area (Å²) in [5, 5.41) is 0. The average Bonchev–Trinajstić information content (AvgIpc) is 2.44. The quantitative estimate of drug-likeness (QED) is 0.757. The zero-order valence-electron chi connectivity index (χ0n) is 11.9. The molecule has 2 N–H and O–H groups in total. The predicted octanol–water partition coefficient (Wildman–Crippen LogP) is 5.15. The molecule has 132 valence electrons. The largest absolute Gasteiger partial charge is 0.573 e. The summed E-state index contributed by atoms with van der Waals surface area (Å²) in [6.45, 7) is -0.299. The Morgan fingerprint density at radius 1 is 0.875 bits per heavy atom. The van der Waals surface area contributed by atoms with E-state index in [0.29, 0.717) is 0 Å². The monoisotopic (exact) mass is 371 g/mol. The summed E-state index contributed by atoms with van der Waals surface area (Å²) in [4.78, 5) is 0. The summed E-state index contributed by atoms with van der Waals surface area (Å²) in [5.41, 5.74) is 4.55. The molecule has 0 saturated heterocycles. The molecule has 0 amide bonds. The first-order chi connectivity index (χ1) is 10.6. The Morgan fingerprint density at radius 2 is 1.50 bits per heavy atom. The van der Waals surface area contributed by atoms with Gasteiger partial charge in [-0.25, -0.2) is 0 Å². The summed E-state index contributed by atoms with van der Waals surface area (Å²) in [7, 11) is 0. The second-order valence-corrected chi connectivity index (χ2v) is 4.65. The molecule has 0 fully saturated rings. The number of alkyl halides is 6. The molecule has 0 bridgehead atoms. The van der Waals surface area contributed by atoms with Crippen molar-refractivity contribution in [3.05, 3.63) is 53.6 Å². The van der Waals surface area contributed by atoms with Crippen LogP contribution in [0.1, 0.15) is 11.1 Å². The van der Waals surface area contributed by atoms with E-state index in [-0.39, 0.29) is 35.6 Å². The molecule has 0 heterocycles. The number of benzene rings is 2. The number of nitrogens with two attached hydrogens (primary N) is 1. The van der Waals surface area contributed by atoms with Crippen molar-refractivity contribution in [3.8, 4) is 16.9 Å². The second kappa shape index (κ2) is 7.31. The molecule has 0 unspecified atom stereocenters. The van der Waals surface area contributed by atoms with Crippen LogP contribution in [-0.2, 0) is 12.7 Å². The van der Waals surface area contributed by atoms with Gasteiger partial charge in [0.15, 0.2) is 0 Å². The van der Waals surface area contributed by atoms with Crippen LogP contribution in [0.5, 0.6) is 5.75 Å². The molecule has 0 aliphatic rings. The number of halogens is 7. The molecule has 2 rings (SSSR count). The zero-order valence-corrected chi connectivity index (χ0v) is 12.7. The highest BCUT2D eigenvalue weighted by atomic mass is 35.5. The smallest absolute Gasteiger partial charge is 0.406 e. The van der Waals surface area contributed by atoms with Crippen LogP contribution in [0.2, 0.25) is 0 Å². The highest BCUT2D eigenvalue weighted by Crippen LogP contribution is 2.36. The Morgan fingerprint density at radius 3 is 2.04 bits per heavy atom. The Bertz CT molecular complexity index is 699. The van der Waals surface area contributed by atoms with Gasteiger partial charge in [-0.1, -0.05) is 24.3 Å². The normalized spacial score (nSPS) is 11.8. The van der Waals surface area contributed by atoms with E-state index in [0.717, 1.165) is 18.2 Å². The third-order valence-corrected chi connectivity index (χ3v) is 3.04. The van der Waals surface area contributed by atoms with E-state index in [1.807, 2.05) is 0 Å². The SMILES string of the molecule is Cl.NCc1ccc(-c2cccc(OC(F)(F)F)c2)cc1C(F)(F)F. The molecule has 2 aromatic rings. The van der Waals surface area contributed by atoms with Gasteiger partial charge in [0, 0.05) is 6.54 Å². The van der Waals surface area contributed by atoms with Crippen LogP contribution in [0.25, 0.3) is 11.1 Å². The van der Waals surface area contributed by atoms with Gasteiger partial charge in [0.25, 0.3) is 0 Å². The van der Waals surface area contributed by atoms with Crippen LogP contribution >= 0.6 is 12.4 Å². The van der Waals surface area contributed by atoms with Crippen LogP contribution in [-0.4, -0.2) is 6.36 Å². The number of rotatable bonds is 3. The maximum absolute atomic E-state index is 13.0. The van der Waals surface area contributed by atoms with Crippen molar-refractivity contribution in [3.63, 3.8) is 0 Å². The summed E-state index contributed by atoms with van der Waals surface area (Å²) in [6, 6.07) is 8.16. The van der Waals surface area contributed by atoms with Gasteiger partial charge >= 0.3 is 12.5 Å². The fraction of sp³-hybridized carbons (Fsp3) is 0.200. The molecular formula is C15H12ClF6NO. The lowest BCUT2D eigenvalue weighted by Gasteiger charge is -2.14. The van der Waals surface area contributed by atoms with Gasteiger partial charge in [0.05, 0.1) is 5.56 Å². The molecule has 9 heteroatoms. The van der Waals surface area contributed by atoms with Crippen molar-refractivity contribution in [2.45, 2.75) is 19.1 Å². The average molecular weight is 372 g/mol. The fourth-order valence-corrected chi connectivity index (χ4v) is 2.07. The molecule has 0 radical (unpaired) electrons. The highest BCUT2D eigenvalue weighted by Gasteiger charge is 2.33. The van der Waals surface area contributed by atoms with Gasteiger partial charge in [-0.3, -0.25) is 0 Å². The van der Waals surface area contributed by atoms with Crippen molar-refractivity contribution >= 4 is 12.4 Å². The molecule has 0 aliphatic heterocycles. The van der Waals surface area contributed by atoms with E-state index in [2.05, 4.69) is 4.74 Å². The second-order valence-electron chi connectivity index (χ2n) is 4.65. The van der Waals surface area contributed by atoms with Gasteiger partial charge in [-0.15, -0.1) is 25.6 Å². The first-order valence-corrected chi connectivity index (χ1v) is 6.36. The Hall–Kier alpha value is -1.93. The van der Waals surface area contributed by atoms with E-state index in [4.69, 9.17) is 5.73 Å². The molecule has 0 atom stereocenters. The molecule has 24 heavy (non-hydrogen) atoms. The predicted molar refractivity (Wildman–Crippen MR) is 78.7 cm³/mol. The van der Waals surface area contributed by atoms with Crippen LogP contribution in [0.4, 0.5) is 26.3 Å². The minimum Gasteiger partial charge on any atom is -0.406 e. The summed E-state index contributed by atoms with van der Waals surface area (Å²) in [5.74, 6) is -0.508. The Balaban J connectivity index is 0.00000288. The third-order valence-electron chi connectivity index (χ3n) is 3.04. The van der Waals surface area contributed by atoms with Gasteiger partial charge in [-0.05, 0) is 34.9 Å². The Labute approximate surface area is 139 Å². The molecule has 0 aromatic heterocycles. The summed E-state index contributed by atoms with van der Waals surface area (Å²) >= 11 is 0. The van der Waals surface area contributed by atoms with Crippen LogP contribution in [0, 0.1) is 0 Å². The number of hydrogen-bond donors (Lipinski definition) is 1. The number of ether oxygens (including phenoxy) is 1. The van der Waals surface area contributed by atoms with E-state index >= 15 is 0 Å². The molecule has 0 saturated carbocycles. The van der Waals surface area contributed by atoms with Crippen molar-refractivity contribution < 1.29 is 31.1 Å². The first-order valence-electron chi connectivity index (χ1n) is 6.36. The zero-order chi connectivity index (χ0) is 17.3. The lowest BCUT2D eigenvalue weighted by Crippen LogP contribution is -2.17. The summed E-state index contributed by atoms with van der Waals surface area (Å²) in [6.07, 6.45) is -9.48. The maximum Gasteiger partial charge on any atom is 0.573 e. The molecule has 0 aliphatic carbocycles. The van der Waals surface area contributed by atoms with E-state index in [9.17, 15) is 26.3 Å². The lowest BCUT2D eigenvalue weighted by molar-refractivity contribution is -0.274. The molecule has 0 spiro atoms. The van der Waals surface area contributed by atoms with Gasteiger partial charge < -0.3 is 10.5 Å². The van der Waals surface area contributed by atoms with E-state index in [1.54, 1.807) is 0 Å². The third kappa shape index (κ3) is 5.04. The number of hydrogen-bond acceptors (Lipinski definition) is 2. The first kappa shape index (κ1) is 20.1. The van der Waals surface area contributed by atoms with Crippen LogP contribution < -0.4 is 10.5 Å². The van der Waals surface area contributed by atoms with E-state index < -0.39 is 23.9 Å². The van der Waals surface area contributed by atoms with Gasteiger partial charge in [-0.2, -0.15) is 13.2 Å². The fourth-order valence-electron chi connectivity index (χ4n) is 2.07. The van der Waals surface area contributed by atoms with Crippen LogP contribution in [0.15, 0.2) is 42.5 Å². The highest BCUT2D eigenvalue weighted by molar-refractivity contribution is 5.85. The van der Waals surface area contributed by atoms with Gasteiger partial charge in [0.2, 0.25) is 0 Å². The lowest BCUT2D eigenvalue weighted by atomic mass is 9.98. The van der Waals surface area contributed by atoms with Gasteiger partial charge in [0.1, 0.15) is 5.75 Å². The summed E-state index contributed by atoms with van der Waals surface area (Å²) < 4.78 is 79.4. The standard InChI is InChI=1S/C15H11F6NO.ClH/c16-14(17,18)13-7-10(4-5-11(13)8-22)9-2-1-3-12(6-9)23-15(19,20)21;/h1-7H,8,22H2;1H. The molecule has 2 aromatic carbocycles. The molecular weight excluding hydrogens is 360 g/mol. The van der Waals surface area contributed by atoms with E-state index in [1.165, 1.54) is 24.3 Å². The maximum atomic E-state index is 13.0.